The summed E-state index contributed by atoms with van der Waals surface area (Å²) < 4.78 is 6.54. The fourth-order valence-corrected chi connectivity index (χ4v) is 4.16. The van der Waals surface area contributed by atoms with E-state index in [0.29, 0.717) is 17.6 Å². The molecule has 2 fully saturated rings. The molecule has 1 aromatic heterocycles. The van der Waals surface area contributed by atoms with E-state index >= 15 is 0 Å². The fourth-order valence-electron chi connectivity index (χ4n) is 3.90. The van der Waals surface area contributed by atoms with Crippen molar-refractivity contribution in [3.63, 3.8) is 0 Å². The van der Waals surface area contributed by atoms with E-state index in [1.165, 1.54) is 12.8 Å². The molecule has 1 saturated heterocycles. The van der Waals surface area contributed by atoms with Crippen LogP contribution in [0.3, 0.4) is 0 Å². The van der Waals surface area contributed by atoms with Crippen LogP contribution in [-0.2, 0) is 4.79 Å². The zero-order valence-corrected chi connectivity index (χ0v) is 15.7. The number of hydrogen-bond donors (Lipinski definition) is 0. The first-order valence-electron chi connectivity index (χ1n) is 9.09. The molecule has 25 heavy (non-hydrogen) atoms. The number of benzene rings is 1. The van der Waals surface area contributed by atoms with Gasteiger partial charge in [-0.05, 0) is 49.9 Å². The van der Waals surface area contributed by atoms with Gasteiger partial charge >= 0.3 is 0 Å². The molecule has 2 aliphatic rings. The quantitative estimate of drug-likeness (QED) is 0.761. The van der Waals surface area contributed by atoms with Crippen molar-refractivity contribution >= 4 is 21.8 Å². The van der Waals surface area contributed by atoms with Crippen LogP contribution < -0.4 is 0 Å². The molecule has 2 heterocycles. The molecule has 1 aliphatic heterocycles. The van der Waals surface area contributed by atoms with Crippen molar-refractivity contribution in [1.29, 1.82) is 0 Å². The van der Waals surface area contributed by atoms with Crippen molar-refractivity contribution in [2.45, 2.75) is 44.4 Å². The molecule has 0 radical (unpaired) electrons. The number of nitrogens with zero attached hydrogens (tertiary/aromatic N) is 3. The maximum absolute atomic E-state index is 12.5. The Morgan fingerprint density at radius 2 is 1.76 bits per heavy atom. The summed E-state index contributed by atoms with van der Waals surface area (Å²) in [5, 5.41) is 4.13. The first-order chi connectivity index (χ1) is 12.2. The summed E-state index contributed by atoms with van der Waals surface area (Å²) in [5.74, 6) is 2.21. The van der Waals surface area contributed by atoms with Crippen LogP contribution in [0, 0.1) is 5.92 Å². The van der Waals surface area contributed by atoms with E-state index < -0.39 is 0 Å². The van der Waals surface area contributed by atoms with Crippen molar-refractivity contribution in [2.24, 2.45) is 5.92 Å². The summed E-state index contributed by atoms with van der Waals surface area (Å²) in [4.78, 5) is 19.2. The molecule has 0 spiro atoms. The predicted molar refractivity (Wildman–Crippen MR) is 97.9 cm³/mol. The average molecular weight is 404 g/mol. The third kappa shape index (κ3) is 3.64. The van der Waals surface area contributed by atoms with Gasteiger partial charge in [-0.15, -0.1) is 0 Å². The molecular formula is C19H22BrN3O2. The zero-order chi connectivity index (χ0) is 17.2. The van der Waals surface area contributed by atoms with Gasteiger partial charge in [-0.1, -0.05) is 33.9 Å². The average Bonchev–Trinajstić information content (AvgIpc) is 3.34. The van der Waals surface area contributed by atoms with Gasteiger partial charge in [0.2, 0.25) is 17.6 Å². The van der Waals surface area contributed by atoms with Crippen LogP contribution in [0.1, 0.15) is 50.3 Å². The predicted octanol–water partition coefficient (Wildman–Crippen LogP) is 4.40. The molecule has 0 N–H and O–H groups in total. The van der Waals surface area contributed by atoms with E-state index in [2.05, 4.69) is 26.1 Å². The highest BCUT2D eigenvalue weighted by Gasteiger charge is 2.32. The van der Waals surface area contributed by atoms with E-state index in [1.54, 1.807) is 0 Å². The zero-order valence-electron chi connectivity index (χ0n) is 14.2. The van der Waals surface area contributed by atoms with Crippen LogP contribution in [0.5, 0.6) is 0 Å². The minimum Gasteiger partial charge on any atom is -0.342 e. The monoisotopic (exact) mass is 403 g/mol. The Morgan fingerprint density at radius 3 is 2.44 bits per heavy atom. The smallest absolute Gasteiger partial charge is 0.230 e. The molecule has 1 aliphatic carbocycles. The first-order valence-corrected chi connectivity index (χ1v) is 9.88. The van der Waals surface area contributed by atoms with Gasteiger partial charge in [-0.25, -0.2) is 0 Å². The second-order valence-electron chi connectivity index (χ2n) is 7.04. The van der Waals surface area contributed by atoms with Crippen LogP contribution in [-0.4, -0.2) is 34.0 Å². The number of halogens is 1. The number of hydrogen-bond acceptors (Lipinski definition) is 4. The number of rotatable bonds is 3. The largest absolute Gasteiger partial charge is 0.342 e. The lowest BCUT2D eigenvalue weighted by molar-refractivity contribution is -0.136. The first kappa shape index (κ1) is 16.8. The highest BCUT2D eigenvalue weighted by Crippen LogP contribution is 2.32. The molecular weight excluding hydrogens is 382 g/mol. The number of carbonyl (C=O) groups excluding carboxylic acids is 1. The summed E-state index contributed by atoms with van der Waals surface area (Å²) in [6, 6.07) is 7.89. The van der Waals surface area contributed by atoms with Crippen molar-refractivity contribution in [2.75, 3.05) is 13.1 Å². The highest BCUT2D eigenvalue weighted by atomic mass is 79.9. The minimum atomic E-state index is 0.254. The van der Waals surface area contributed by atoms with E-state index in [1.807, 2.05) is 29.2 Å². The molecule has 2 aromatic rings. The normalized spacial score (nSPS) is 19.5. The fraction of sp³-hybridized carbons (Fsp3) is 0.526. The van der Waals surface area contributed by atoms with Gasteiger partial charge in [0.1, 0.15) is 0 Å². The molecule has 6 heteroatoms. The minimum absolute atomic E-state index is 0.254. The Balaban J connectivity index is 1.38. The van der Waals surface area contributed by atoms with Crippen molar-refractivity contribution in [3.05, 3.63) is 34.6 Å². The van der Waals surface area contributed by atoms with E-state index in [0.717, 1.165) is 48.8 Å². The Bertz CT molecular complexity index is 729. The van der Waals surface area contributed by atoms with Gasteiger partial charge in [-0.3, -0.25) is 4.79 Å². The molecule has 5 nitrogen and oxygen atoms in total. The van der Waals surface area contributed by atoms with Gasteiger partial charge in [0.15, 0.2) is 0 Å². The Hall–Kier alpha value is -1.69. The molecule has 0 bridgehead atoms. The third-order valence-corrected chi connectivity index (χ3v) is 5.93. The lowest BCUT2D eigenvalue weighted by Gasteiger charge is -2.32. The number of aromatic nitrogens is 2. The van der Waals surface area contributed by atoms with Gasteiger partial charge in [0.25, 0.3) is 0 Å². The molecule has 4 rings (SSSR count). The lowest BCUT2D eigenvalue weighted by atomic mass is 9.95. The van der Waals surface area contributed by atoms with Gasteiger partial charge in [-0.2, -0.15) is 4.98 Å². The van der Waals surface area contributed by atoms with E-state index in [-0.39, 0.29) is 11.8 Å². The number of carbonyl (C=O) groups is 1. The van der Waals surface area contributed by atoms with Gasteiger partial charge in [0.05, 0.1) is 0 Å². The molecule has 1 amide bonds. The molecule has 0 unspecified atom stereocenters. The Morgan fingerprint density at radius 1 is 1.08 bits per heavy atom. The number of likely N-dealkylation sites (tertiary alicyclic amines) is 1. The topological polar surface area (TPSA) is 59.2 Å². The number of amides is 1. The SMILES string of the molecule is O=C(C1CCCC1)N1CCC(c2nc(-c3ccc(Br)cc3)no2)CC1. The van der Waals surface area contributed by atoms with Crippen molar-refractivity contribution in [1.82, 2.24) is 15.0 Å². The van der Waals surface area contributed by atoms with Crippen molar-refractivity contribution in [3.8, 4) is 11.4 Å². The maximum Gasteiger partial charge on any atom is 0.230 e. The Labute approximate surface area is 155 Å². The van der Waals surface area contributed by atoms with Gasteiger partial charge < -0.3 is 9.42 Å². The summed E-state index contributed by atoms with van der Waals surface area (Å²) >= 11 is 3.43. The number of piperidine rings is 1. The molecule has 0 atom stereocenters. The summed E-state index contributed by atoms with van der Waals surface area (Å²) in [7, 11) is 0. The maximum atomic E-state index is 12.5. The second-order valence-corrected chi connectivity index (χ2v) is 7.96. The summed E-state index contributed by atoms with van der Waals surface area (Å²) in [6.07, 6.45) is 6.35. The lowest BCUT2D eigenvalue weighted by Crippen LogP contribution is -2.40. The third-order valence-electron chi connectivity index (χ3n) is 5.40. The molecule has 1 aromatic carbocycles. The van der Waals surface area contributed by atoms with Gasteiger partial charge in [0, 0.05) is 35.0 Å². The standard InChI is InChI=1S/C19H22BrN3O2/c20-16-7-5-13(6-8-16)17-21-18(25-22-17)14-9-11-23(12-10-14)19(24)15-3-1-2-4-15/h5-8,14-15H,1-4,9-12H2. The Kier molecular flexibility index (Phi) is 4.88. The van der Waals surface area contributed by atoms with Crippen LogP contribution in [0.2, 0.25) is 0 Å². The van der Waals surface area contributed by atoms with Crippen molar-refractivity contribution < 1.29 is 9.32 Å². The highest BCUT2D eigenvalue weighted by molar-refractivity contribution is 9.10. The van der Waals surface area contributed by atoms with Crippen LogP contribution in [0.25, 0.3) is 11.4 Å². The van der Waals surface area contributed by atoms with Crippen LogP contribution >= 0.6 is 15.9 Å². The van der Waals surface area contributed by atoms with E-state index in [4.69, 9.17) is 4.52 Å². The van der Waals surface area contributed by atoms with E-state index in [9.17, 15) is 4.79 Å². The van der Waals surface area contributed by atoms with Crippen LogP contribution in [0.4, 0.5) is 0 Å². The summed E-state index contributed by atoms with van der Waals surface area (Å²) in [6.45, 7) is 1.60. The molecule has 1 saturated carbocycles. The molecule has 132 valence electrons. The summed E-state index contributed by atoms with van der Waals surface area (Å²) in [5.41, 5.74) is 0.951. The second kappa shape index (κ2) is 7.28. The van der Waals surface area contributed by atoms with Crippen LogP contribution in [0.15, 0.2) is 33.3 Å².